The summed E-state index contributed by atoms with van der Waals surface area (Å²) in [4.78, 5) is 11.6. The zero-order chi connectivity index (χ0) is 12.0. The normalized spacial score (nSPS) is 12.2. The van der Waals surface area contributed by atoms with Gasteiger partial charge < -0.3 is 10.4 Å². The summed E-state index contributed by atoms with van der Waals surface area (Å²) in [5, 5.41) is 11.9. The minimum Gasteiger partial charge on any atom is -0.393 e. The first kappa shape index (κ1) is 13.2. The summed E-state index contributed by atoms with van der Waals surface area (Å²) in [6.45, 7) is 2.34. The molecule has 0 radical (unpaired) electrons. The molecule has 1 unspecified atom stereocenters. The number of hydrogen-bond donors (Lipinski definition) is 2. The van der Waals surface area contributed by atoms with E-state index in [-0.39, 0.29) is 12.0 Å². The minimum absolute atomic E-state index is 0.0712. The SMILES string of the molecule is CC(O)CCCNC(=O)c1ccc(Br)cc1. The molecule has 0 aliphatic carbocycles. The second-order valence-corrected chi connectivity index (χ2v) is 4.67. The molecule has 0 bridgehead atoms. The lowest BCUT2D eigenvalue weighted by Gasteiger charge is -2.06. The molecule has 4 heteroatoms. The third kappa shape index (κ3) is 4.77. The highest BCUT2D eigenvalue weighted by molar-refractivity contribution is 9.10. The molecular formula is C12H16BrNO2. The Morgan fingerprint density at radius 1 is 1.44 bits per heavy atom. The van der Waals surface area contributed by atoms with Gasteiger partial charge in [-0.05, 0) is 44.0 Å². The van der Waals surface area contributed by atoms with Crippen LogP contribution in [0.2, 0.25) is 0 Å². The van der Waals surface area contributed by atoms with Crippen molar-refractivity contribution in [2.75, 3.05) is 6.54 Å². The van der Waals surface area contributed by atoms with Crippen molar-refractivity contribution in [3.05, 3.63) is 34.3 Å². The lowest BCUT2D eigenvalue weighted by molar-refractivity contribution is 0.0949. The maximum Gasteiger partial charge on any atom is 0.251 e. The van der Waals surface area contributed by atoms with Gasteiger partial charge in [0.05, 0.1) is 6.10 Å². The monoisotopic (exact) mass is 285 g/mol. The lowest BCUT2D eigenvalue weighted by atomic mass is 10.2. The predicted molar refractivity (Wildman–Crippen MR) is 67.4 cm³/mol. The predicted octanol–water partition coefficient (Wildman–Crippen LogP) is 2.34. The van der Waals surface area contributed by atoms with Crippen molar-refractivity contribution in [2.24, 2.45) is 0 Å². The minimum atomic E-state index is -0.301. The first-order valence-electron chi connectivity index (χ1n) is 5.31. The number of hydrogen-bond acceptors (Lipinski definition) is 2. The van der Waals surface area contributed by atoms with E-state index in [4.69, 9.17) is 5.11 Å². The Hall–Kier alpha value is -0.870. The van der Waals surface area contributed by atoms with Crippen LogP contribution in [-0.2, 0) is 0 Å². The van der Waals surface area contributed by atoms with Gasteiger partial charge in [-0.1, -0.05) is 15.9 Å². The quantitative estimate of drug-likeness (QED) is 0.816. The summed E-state index contributed by atoms with van der Waals surface area (Å²) in [6.07, 6.45) is 1.20. The van der Waals surface area contributed by atoms with E-state index in [1.165, 1.54) is 0 Å². The molecule has 1 rings (SSSR count). The van der Waals surface area contributed by atoms with Gasteiger partial charge in [0.1, 0.15) is 0 Å². The molecule has 16 heavy (non-hydrogen) atoms. The van der Waals surface area contributed by atoms with Gasteiger partial charge in [-0.25, -0.2) is 0 Å². The number of aliphatic hydroxyl groups is 1. The molecule has 1 atom stereocenters. The largest absolute Gasteiger partial charge is 0.393 e. The highest BCUT2D eigenvalue weighted by atomic mass is 79.9. The van der Waals surface area contributed by atoms with Crippen LogP contribution in [0.4, 0.5) is 0 Å². The van der Waals surface area contributed by atoms with Gasteiger partial charge in [0.25, 0.3) is 5.91 Å². The van der Waals surface area contributed by atoms with E-state index < -0.39 is 0 Å². The molecule has 0 spiro atoms. The van der Waals surface area contributed by atoms with Crippen molar-refractivity contribution < 1.29 is 9.90 Å². The Bertz CT molecular complexity index is 335. The van der Waals surface area contributed by atoms with Crippen LogP contribution in [0.1, 0.15) is 30.1 Å². The molecule has 3 nitrogen and oxygen atoms in total. The molecule has 0 heterocycles. The van der Waals surface area contributed by atoms with Crippen LogP contribution < -0.4 is 5.32 Å². The van der Waals surface area contributed by atoms with Crippen LogP contribution in [0.5, 0.6) is 0 Å². The second kappa shape index (κ2) is 6.66. The van der Waals surface area contributed by atoms with Crippen LogP contribution in [0.15, 0.2) is 28.7 Å². The van der Waals surface area contributed by atoms with E-state index in [1.807, 2.05) is 12.1 Å². The number of carbonyl (C=O) groups excluding carboxylic acids is 1. The molecule has 0 aliphatic rings. The Balaban J connectivity index is 2.32. The topological polar surface area (TPSA) is 49.3 Å². The average molecular weight is 286 g/mol. The number of amides is 1. The highest BCUT2D eigenvalue weighted by Crippen LogP contribution is 2.10. The highest BCUT2D eigenvalue weighted by Gasteiger charge is 2.04. The summed E-state index contributed by atoms with van der Waals surface area (Å²) >= 11 is 3.31. The molecular weight excluding hydrogens is 270 g/mol. The molecule has 1 aromatic rings. The van der Waals surface area contributed by atoms with E-state index >= 15 is 0 Å². The zero-order valence-corrected chi connectivity index (χ0v) is 10.8. The van der Waals surface area contributed by atoms with E-state index in [0.717, 1.165) is 10.9 Å². The number of rotatable bonds is 5. The molecule has 1 aromatic carbocycles. The van der Waals surface area contributed by atoms with E-state index in [2.05, 4.69) is 21.2 Å². The molecule has 88 valence electrons. The van der Waals surface area contributed by atoms with Gasteiger partial charge in [0, 0.05) is 16.6 Å². The van der Waals surface area contributed by atoms with Crippen LogP contribution in [0.3, 0.4) is 0 Å². The Labute approximate surface area is 104 Å². The number of halogens is 1. The Morgan fingerprint density at radius 3 is 2.62 bits per heavy atom. The van der Waals surface area contributed by atoms with Crippen molar-refractivity contribution in [1.29, 1.82) is 0 Å². The maximum absolute atomic E-state index is 11.6. The molecule has 0 aliphatic heterocycles. The van der Waals surface area contributed by atoms with E-state index in [9.17, 15) is 4.79 Å². The average Bonchev–Trinajstić information content (AvgIpc) is 2.25. The number of aliphatic hydroxyl groups excluding tert-OH is 1. The fourth-order valence-corrected chi connectivity index (χ4v) is 1.57. The Kier molecular flexibility index (Phi) is 5.49. The molecule has 0 saturated heterocycles. The summed E-state index contributed by atoms with van der Waals surface area (Å²) in [5.41, 5.74) is 0.653. The van der Waals surface area contributed by atoms with Crippen molar-refractivity contribution >= 4 is 21.8 Å². The summed E-state index contributed by atoms with van der Waals surface area (Å²) in [5.74, 6) is -0.0712. The number of benzene rings is 1. The van der Waals surface area contributed by atoms with Crippen molar-refractivity contribution in [3.63, 3.8) is 0 Å². The first-order chi connectivity index (χ1) is 7.59. The molecule has 2 N–H and O–H groups in total. The van der Waals surface area contributed by atoms with Crippen LogP contribution in [0.25, 0.3) is 0 Å². The van der Waals surface area contributed by atoms with Crippen molar-refractivity contribution in [2.45, 2.75) is 25.9 Å². The van der Waals surface area contributed by atoms with Gasteiger partial charge in [0.2, 0.25) is 0 Å². The Morgan fingerprint density at radius 2 is 2.06 bits per heavy atom. The molecule has 0 aromatic heterocycles. The summed E-state index contributed by atoms with van der Waals surface area (Å²) in [6, 6.07) is 7.22. The van der Waals surface area contributed by atoms with Gasteiger partial charge in [-0.2, -0.15) is 0 Å². The molecule has 1 amide bonds. The fraction of sp³-hybridized carbons (Fsp3) is 0.417. The fourth-order valence-electron chi connectivity index (χ4n) is 1.30. The van der Waals surface area contributed by atoms with Crippen LogP contribution in [-0.4, -0.2) is 23.7 Å². The lowest BCUT2D eigenvalue weighted by Crippen LogP contribution is -2.24. The maximum atomic E-state index is 11.6. The summed E-state index contributed by atoms with van der Waals surface area (Å²) < 4.78 is 0.957. The zero-order valence-electron chi connectivity index (χ0n) is 9.24. The van der Waals surface area contributed by atoms with Crippen molar-refractivity contribution in [3.8, 4) is 0 Å². The summed E-state index contributed by atoms with van der Waals surface area (Å²) in [7, 11) is 0. The third-order valence-corrected chi connectivity index (χ3v) is 2.72. The van der Waals surface area contributed by atoms with Crippen molar-refractivity contribution in [1.82, 2.24) is 5.32 Å². The van der Waals surface area contributed by atoms with Crippen LogP contribution in [0, 0.1) is 0 Å². The third-order valence-electron chi connectivity index (χ3n) is 2.19. The molecule has 0 fully saturated rings. The van der Waals surface area contributed by atoms with Gasteiger partial charge >= 0.3 is 0 Å². The van der Waals surface area contributed by atoms with Gasteiger partial charge in [-0.3, -0.25) is 4.79 Å². The smallest absolute Gasteiger partial charge is 0.251 e. The number of carbonyl (C=O) groups is 1. The second-order valence-electron chi connectivity index (χ2n) is 3.75. The van der Waals surface area contributed by atoms with Gasteiger partial charge in [0.15, 0.2) is 0 Å². The van der Waals surface area contributed by atoms with Gasteiger partial charge in [-0.15, -0.1) is 0 Å². The molecule has 0 saturated carbocycles. The van der Waals surface area contributed by atoms with E-state index in [1.54, 1.807) is 19.1 Å². The standard InChI is InChI=1S/C12H16BrNO2/c1-9(15)3-2-8-14-12(16)10-4-6-11(13)7-5-10/h4-7,9,15H,2-3,8H2,1H3,(H,14,16). The van der Waals surface area contributed by atoms with Crippen LogP contribution >= 0.6 is 15.9 Å². The first-order valence-corrected chi connectivity index (χ1v) is 6.10. The number of nitrogens with one attached hydrogen (secondary N) is 1. The van der Waals surface area contributed by atoms with E-state index in [0.29, 0.717) is 18.5 Å².